The first-order chi connectivity index (χ1) is 11.2. The summed E-state index contributed by atoms with van der Waals surface area (Å²) in [7, 11) is 0. The van der Waals surface area contributed by atoms with Gasteiger partial charge in [0.05, 0.1) is 6.21 Å². The Labute approximate surface area is 146 Å². The molecule has 0 saturated heterocycles. The lowest BCUT2D eigenvalue weighted by molar-refractivity contribution is 0.306. The van der Waals surface area contributed by atoms with E-state index in [-0.39, 0.29) is 0 Å². The minimum absolute atomic E-state index is 0.487. The minimum Gasteiger partial charge on any atom is -0.489 e. The van der Waals surface area contributed by atoms with Gasteiger partial charge in [-0.2, -0.15) is 5.10 Å². The lowest BCUT2D eigenvalue weighted by Gasteiger charge is -2.07. The molecular weight excluding hydrogens is 330 g/mol. The third-order valence-corrected chi connectivity index (χ3v) is 3.38. The second-order valence-corrected chi connectivity index (χ2v) is 5.56. The second kappa shape index (κ2) is 9.12. The zero-order chi connectivity index (χ0) is 16.5. The average molecular weight is 348 g/mol. The first-order valence-corrected chi connectivity index (χ1v) is 8.00. The molecule has 0 atom stereocenters. The molecule has 0 heterocycles. The van der Waals surface area contributed by atoms with Crippen LogP contribution in [0.4, 0.5) is 0 Å². The molecule has 120 valence electrons. The molecule has 0 saturated carbocycles. The van der Waals surface area contributed by atoms with E-state index in [2.05, 4.69) is 15.8 Å². The maximum absolute atomic E-state index is 5.87. The number of benzene rings is 2. The lowest BCUT2D eigenvalue weighted by Crippen LogP contribution is -2.31. The zero-order valence-corrected chi connectivity index (χ0v) is 14.3. The molecule has 23 heavy (non-hydrogen) atoms. The van der Waals surface area contributed by atoms with Crippen LogP contribution in [0.15, 0.2) is 53.6 Å². The normalized spacial score (nSPS) is 10.5. The third kappa shape index (κ3) is 6.26. The molecule has 0 spiro atoms. The Hall–Kier alpha value is -2.11. The number of hydrogen-bond donors (Lipinski definition) is 2. The van der Waals surface area contributed by atoms with E-state index in [1.54, 1.807) is 6.21 Å². The van der Waals surface area contributed by atoms with Gasteiger partial charge < -0.3 is 10.1 Å². The zero-order valence-electron chi connectivity index (χ0n) is 12.8. The van der Waals surface area contributed by atoms with Gasteiger partial charge in [0.15, 0.2) is 5.11 Å². The fraction of sp³-hybridized carbons (Fsp3) is 0.176. The topological polar surface area (TPSA) is 45.7 Å². The maximum Gasteiger partial charge on any atom is 0.186 e. The summed E-state index contributed by atoms with van der Waals surface area (Å²) in [5, 5.41) is 8.25. The van der Waals surface area contributed by atoms with Gasteiger partial charge in [0.1, 0.15) is 12.4 Å². The highest BCUT2D eigenvalue weighted by atomic mass is 35.5. The van der Waals surface area contributed by atoms with Crippen molar-refractivity contribution in [1.29, 1.82) is 0 Å². The molecule has 2 aromatic carbocycles. The standard InChI is InChI=1S/C17H18ClN3OS/c1-2-19-17(23)21-20-11-14-4-3-5-16(10-14)22-12-13-6-8-15(18)9-7-13/h3-11H,2,12H2,1H3,(H2,19,21,23). The highest BCUT2D eigenvalue weighted by molar-refractivity contribution is 7.80. The Morgan fingerprint density at radius 3 is 2.78 bits per heavy atom. The van der Waals surface area contributed by atoms with Crippen molar-refractivity contribution in [2.24, 2.45) is 5.10 Å². The van der Waals surface area contributed by atoms with Crippen LogP contribution in [0.1, 0.15) is 18.1 Å². The Kier molecular flexibility index (Phi) is 6.84. The van der Waals surface area contributed by atoms with Gasteiger partial charge in [0.2, 0.25) is 0 Å². The number of hydrazone groups is 1. The summed E-state index contributed by atoms with van der Waals surface area (Å²) in [6.07, 6.45) is 1.69. The predicted molar refractivity (Wildman–Crippen MR) is 99.2 cm³/mol. The van der Waals surface area contributed by atoms with Crippen LogP contribution in [0.3, 0.4) is 0 Å². The molecule has 0 aromatic heterocycles. The van der Waals surface area contributed by atoms with E-state index in [4.69, 9.17) is 28.6 Å². The number of rotatable bonds is 6. The number of thiocarbonyl (C=S) groups is 1. The van der Waals surface area contributed by atoms with Crippen LogP contribution in [-0.2, 0) is 6.61 Å². The van der Waals surface area contributed by atoms with Crippen molar-refractivity contribution in [2.45, 2.75) is 13.5 Å². The van der Waals surface area contributed by atoms with Crippen molar-refractivity contribution in [2.75, 3.05) is 6.54 Å². The summed E-state index contributed by atoms with van der Waals surface area (Å²) in [5.41, 5.74) is 4.73. The van der Waals surface area contributed by atoms with Gasteiger partial charge >= 0.3 is 0 Å². The van der Waals surface area contributed by atoms with Crippen molar-refractivity contribution in [1.82, 2.24) is 10.7 Å². The molecule has 6 heteroatoms. The lowest BCUT2D eigenvalue weighted by atomic mass is 10.2. The van der Waals surface area contributed by atoms with Crippen molar-refractivity contribution >= 4 is 35.1 Å². The first kappa shape index (κ1) is 17.2. The minimum atomic E-state index is 0.487. The van der Waals surface area contributed by atoms with Gasteiger partial charge in [0.25, 0.3) is 0 Å². The smallest absolute Gasteiger partial charge is 0.186 e. The van der Waals surface area contributed by atoms with Crippen LogP contribution in [0.5, 0.6) is 5.75 Å². The molecular formula is C17H18ClN3OS. The Balaban J connectivity index is 1.90. The Bertz CT molecular complexity index is 674. The molecule has 0 fully saturated rings. The highest BCUT2D eigenvalue weighted by Crippen LogP contribution is 2.15. The SMILES string of the molecule is CCNC(=S)NN=Cc1cccc(OCc2ccc(Cl)cc2)c1. The largest absolute Gasteiger partial charge is 0.489 e. The second-order valence-electron chi connectivity index (χ2n) is 4.72. The summed E-state index contributed by atoms with van der Waals surface area (Å²) in [4.78, 5) is 0. The van der Waals surface area contributed by atoms with Gasteiger partial charge in [-0.3, -0.25) is 5.43 Å². The molecule has 0 amide bonds. The van der Waals surface area contributed by atoms with E-state index in [1.165, 1.54) is 0 Å². The number of halogens is 1. The molecule has 0 radical (unpaired) electrons. The van der Waals surface area contributed by atoms with Gasteiger partial charge in [-0.1, -0.05) is 35.9 Å². The average Bonchev–Trinajstić information content (AvgIpc) is 2.55. The van der Waals surface area contributed by atoms with Crippen LogP contribution in [0.2, 0.25) is 5.02 Å². The molecule has 2 aromatic rings. The summed E-state index contributed by atoms with van der Waals surface area (Å²) < 4.78 is 5.78. The summed E-state index contributed by atoms with van der Waals surface area (Å²) in [6.45, 7) is 3.22. The molecule has 4 nitrogen and oxygen atoms in total. The molecule has 0 aliphatic carbocycles. The van der Waals surface area contributed by atoms with Crippen LogP contribution in [0.25, 0.3) is 0 Å². The highest BCUT2D eigenvalue weighted by Gasteiger charge is 1.98. The van der Waals surface area contributed by atoms with E-state index in [9.17, 15) is 0 Å². The Morgan fingerprint density at radius 2 is 2.04 bits per heavy atom. The van der Waals surface area contributed by atoms with Crippen molar-refractivity contribution in [3.05, 3.63) is 64.7 Å². The molecule has 0 bridgehead atoms. The molecule has 0 unspecified atom stereocenters. The van der Waals surface area contributed by atoms with Crippen LogP contribution in [-0.4, -0.2) is 17.9 Å². The number of nitrogens with zero attached hydrogens (tertiary/aromatic N) is 1. The summed E-state index contributed by atoms with van der Waals surface area (Å²) in [5.74, 6) is 0.776. The monoisotopic (exact) mass is 347 g/mol. The van der Waals surface area contributed by atoms with Crippen LogP contribution >= 0.6 is 23.8 Å². The van der Waals surface area contributed by atoms with Crippen LogP contribution in [0, 0.1) is 0 Å². The van der Waals surface area contributed by atoms with E-state index >= 15 is 0 Å². The number of ether oxygens (including phenoxy) is 1. The van der Waals surface area contributed by atoms with E-state index in [1.807, 2.05) is 55.5 Å². The van der Waals surface area contributed by atoms with Gasteiger partial charge in [-0.15, -0.1) is 0 Å². The van der Waals surface area contributed by atoms with Gasteiger partial charge in [-0.05, 0) is 54.5 Å². The van der Waals surface area contributed by atoms with Gasteiger partial charge in [0, 0.05) is 11.6 Å². The fourth-order valence-corrected chi connectivity index (χ4v) is 2.12. The van der Waals surface area contributed by atoms with Crippen molar-refractivity contribution < 1.29 is 4.74 Å². The first-order valence-electron chi connectivity index (χ1n) is 7.21. The van der Waals surface area contributed by atoms with E-state index in [0.717, 1.165) is 28.4 Å². The molecule has 0 aliphatic heterocycles. The Morgan fingerprint density at radius 1 is 1.26 bits per heavy atom. The molecule has 2 N–H and O–H groups in total. The summed E-state index contributed by atoms with van der Waals surface area (Å²) >= 11 is 10.9. The predicted octanol–water partition coefficient (Wildman–Crippen LogP) is 3.74. The summed E-state index contributed by atoms with van der Waals surface area (Å²) in [6, 6.07) is 15.3. The maximum atomic E-state index is 5.87. The van der Waals surface area contributed by atoms with Gasteiger partial charge in [-0.25, -0.2) is 0 Å². The van der Waals surface area contributed by atoms with Crippen molar-refractivity contribution in [3.8, 4) is 5.75 Å². The third-order valence-electron chi connectivity index (χ3n) is 2.89. The quantitative estimate of drug-likeness (QED) is 0.475. The fourth-order valence-electron chi connectivity index (χ4n) is 1.80. The van der Waals surface area contributed by atoms with E-state index < -0.39 is 0 Å². The number of nitrogens with one attached hydrogen (secondary N) is 2. The molecule has 0 aliphatic rings. The molecule has 2 rings (SSSR count). The van der Waals surface area contributed by atoms with Crippen LogP contribution < -0.4 is 15.5 Å². The van der Waals surface area contributed by atoms with Crippen molar-refractivity contribution in [3.63, 3.8) is 0 Å². The van der Waals surface area contributed by atoms with E-state index in [0.29, 0.717) is 11.7 Å². The number of hydrogen-bond acceptors (Lipinski definition) is 3.